The molecule has 3 aromatic rings. The first kappa shape index (κ1) is 123. The van der Waals surface area contributed by atoms with E-state index < -0.39 is 36.1 Å². The maximum Gasteiger partial charge on any atom is 0.339 e. The minimum atomic E-state index is -0.747. The van der Waals surface area contributed by atoms with Crippen molar-refractivity contribution in [3.63, 3.8) is 0 Å². The smallest absolute Gasteiger partial charge is 0.339 e. The number of aliphatic hydroxyl groups is 8. The van der Waals surface area contributed by atoms with Gasteiger partial charge in [-0.05, 0) is 126 Å². The summed E-state index contributed by atoms with van der Waals surface area (Å²) in [7, 11) is 0. The zero-order valence-electron chi connectivity index (χ0n) is 69.2. The second kappa shape index (κ2) is 105. The van der Waals surface area contributed by atoms with Crippen molar-refractivity contribution in [2.75, 3.05) is 46.2 Å². The molecule has 8 N–H and O–H groups in total. The minimum Gasteiger partial charge on any atom is -0.491 e. The number of para-hydroxylation sites is 1. The molecule has 588 valence electrons. The Morgan fingerprint density at radius 3 is 0.786 bits per heavy atom. The highest BCUT2D eigenvalue weighted by molar-refractivity contribution is 6.03. The molecule has 0 heterocycles. The van der Waals surface area contributed by atoms with Crippen LogP contribution in [0.15, 0.2) is 78.9 Å². The summed E-state index contributed by atoms with van der Waals surface area (Å²) in [5.41, 5.74) is 0.636. The monoisotopic (exact) mass is 1410 g/mol. The van der Waals surface area contributed by atoms with E-state index in [0.29, 0.717) is 39.1 Å². The van der Waals surface area contributed by atoms with E-state index in [4.69, 9.17) is 59.4 Å². The number of hydrogen-bond donors (Lipinski definition) is 8. The highest BCUT2D eigenvalue weighted by Gasteiger charge is 2.20. The van der Waals surface area contributed by atoms with Crippen molar-refractivity contribution in [3.8, 4) is 5.75 Å². The SMILES string of the molecule is CC.CC.CC.CC.CC(C)C.CC(C)C.CC(C)C.CCC.CCC.CCC(C)O.CCC(O)CC.CCC(O)CO.CCC(O)COc1ccccc1.CCCC(C)O.CCCOC(=O)c1ccccc1C(=O)OCC(C)O.CCCOC(=O)c1ccccc1C(=O)OCCO. The summed E-state index contributed by atoms with van der Waals surface area (Å²) in [6, 6.07) is 22.1. The van der Waals surface area contributed by atoms with Gasteiger partial charge < -0.3 is 64.5 Å². The quantitative estimate of drug-likeness (QED) is 0.0324. The molecule has 0 bridgehead atoms. The normalized spacial score (nSPS) is 10.5. The zero-order valence-corrected chi connectivity index (χ0v) is 69.2. The molecule has 3 rings (SSSR count). The van der Waals surface area contributed by atoms with Crippen LogP contribution in [0.2, 0.25) is 0 Å². The highest BCUT2D eigenvalue weighted by Crippen LogP contribution is 2.14. The molecule has 0 saturated carbocycles. The van der Waals surface area contributed by atoms with Gasteiger partial charge in [0.15, 0.2) is 0 Å². The standard InChI is InChI=1S/C14H18O5.C13H16O5.C10H14O2.2C5H12O.C4H10O2.C4H10O.3C4H10.2C3H8.4C2H6/c1-3-8-18-13(16)11-6-4-5-7-12(11)14(17)19-9-10(2)15;1-2-8-17-12(15)10-5-3-4-6-11(10)13(16)18-9-7-14;1-2-9(11)8-12-10-6-4-3-5-7-10;1-3-4-5(2)6;1-3-5(6)4-2;1-2-4(6)3-5;1-3-4(2)5;3*1-4(2)3;2*1-3-2;4*1-2/h4-7,10,15H,3,8-9H2,1-2H3;3-6,14H,2,7-9H2,1H3;3-7,9,11H,2,8H2,1H3;2*5-6H,3-4H2,1-2H3;4-6H,2-3H2,1H3;4-5H,3H2,1-2H3;3*4H,1-3H3;2*3H2,1-2H3;4*1-2H3. The van der Waals surface area contributed by atoms with Gasteiger partial charge in [-0.15, -0.1) is 0 Å². The Morgan fingerprint density at radius 2 is 0.602 bits per heavy atom. The van der Waals surface area contributed by atoms with Crippen LogP contribution in [0.4, 0.5) is 0 Å². The maximum atomic E-state index is 11.8. The Bertz CT molecular complexity index is 1830. The van der Waals surface area contributed by atoms with Crippen LogP contribution >= 0.6 is 0 Å². The number of carbonyl (C=O) groups is 4. The predicted octanol–water partition coefficient (Wildman–Crippen LogP) is 19.8. The van der Waals surface area contributed by atoms with E-state index in [9.17, 15) is 24.3 Å². The second-order valence-corrected chi connectivity index (χ2v) is 22.6. The molecular weight excluding hydrogens is 1240 g/mol. The molecule has 0 aromatic heterocycles. The molecule has 5 unspecified atom stereocenters. The van der Waals surface area contributed by atoms with Crippen molar-refractivity contribution < 1.29 is 83.7 Å². The average Bonchev–Trinajstić information content (AvgIpc) is 0.858. The van der Waals surface area contributed by atoms with Crippen molar-refractivity contribution in [2.45, 2.75) is 329 Å². The fourth-order valence-corrected chi connectivity index (χ4v) is 4.38. The van der Waals surface area contributed by atoms with Gasteiger partial charge in [-0.3, -0.25) is 0 Å². The molecule has 98 heavy (non-hydrogen) atoms. The molecule has 17 nitrogen and oxygen atoms in total. The maximum absolute atomic E-state index is 11.8. The summed E-state index contributed by atoms with van der Waals surface area (Å²) in [6.45, 7) is 65.0. The van der Waals surface area contributed by atoms with Gasteiger partial charge in [-0.1, -0.05) is 263 Å². The van der Waals surface area contributed by atoms with Crippen molar-refractivity contribution in [3.05, 3.63) is 101 Å². The van der Waals surface area contributed by atoms with E-state index in [0.717, 1.165) is 62.0 Å². The lowest BCUT2D eigenvalue weighted by Crippen LogP contribution is -2.18. The number of ether oxygens (including phenoxy) is 5. The molecule has 5 atom stereocenters. The molecule has 0 radical (unpaired) electrons. The number of hydrogen-bond acceptors (Lipinski definition) is 17. The van der Waals surface area contributed by atoms with E-state index in [1.165, 1.54) is 44.0 Å². The topological polar surface area (TPSA) is 276 Å². The fourth-order valence-electron chi connectivity index (χ4n) is 4.38. The summed E-state index contributed by atoms with van der Waals surface area (Å²) >= 11 is 0. The van der Waals surface area contributed by atoms with Crippen LogP contribution in [0, 0.1) is 17.8 Å². The van der Waals surface area contributed by atoms with E-state index >= 15 is 0 Å². The lowest BCUT2D eigenvalue weighted by atomic mass is 10.1. The Balaban J connectivity index is -0.0000000765. The highest BCUT2D eigenvalue weighted by atomic mass is 16.6. The Hall–Kier alpha value is -4.98. The fraction of sp³-hybridized carbons (Fsp3) is 0.728. The number of aliphatic hydroxyl groups excluding tert-OH is 8. The summed E-state index contributed by atoms with van der Waals surface area (Å²) in [5.74, 6) is 0.919. The van der Waals surface area contributed by atoms with Gasteiger partial charge in [-0.2, -0.15) is 0 Å². The molecule has 17 heteroatoms. The van der Waals surface area contributed by atoms with Crippen molar-refractivity contribution in [1.29, 1.82) is 0 Å². The minimum absolute atomic E-state index is 0.0648. The number of rotatable bonds is 23. The molecule has 0 aliphatic carbocycles. The lowest BCUT2D eigenvalue weighted by Gasteiger charge is -2.10. The first-order valence-corrected chi connectivity index (χ1v) is 37.1. The number of benzene rings is 3. The van der Waals surface area contributed by atoms with Gasteiger partial charge in [0.05, 0.1) is 85.3 Å². The predicted molar refractivity (Wildman–Crippen MR) is 419 cm³/mol. The third-order valence-corrected chi connectivity index (χ3v) is 8.97. The molecule has 0 fully saturated rings. The van der Waals surface area contributed by atoms with Crippen LogP contribution in [0.5, 0.6) is 5.75 Å². The molecule has 0 aliphatic rings. The van der Waals surface area contributed by atoms with Crippen molar-refractivity contribution in [1.82, 2.24) is 0 Å². The Morgan fingerprint density at radius 1 is 0.337 bits per heavy atom. The summed E-state index contributed by atoms with van der Waals surface area (Å²) in [6.07, 6.45) is 8.03. The van der Waals surface area contributed by atoms with E-state index in [2.05, 4.69) is 96.9 Å². The van der Waals surface area contributed by atoms with Gasteiger partial charge >= 0.3 is 23.9 Å². The van der Waals surface area contributed by atoms with E-state index in [-0.39, 0.29) is 73.1 Å². The van der Waals surface area contributed by atoms with E-state index in [1.54, 1.807) is 31.2 Å². The summed E-state index contributed by atoms with van der Waals surface area (Å²) < 4.78 is 24.9. The molecular formula is C81H162O17. The number of carbonyl (C=O) groups excluding carboxylic acids is 4. The van der Waals surface area contributed by atoms with Gasteiger partial charge in [-0.25, -0.2) is 19.2 Å². The average molecular weight is 1410 g/mol. The van der Waals surface area contributed by atoms with Crippen molar-refractivity contribution >= 4 is 23.9 Å². The molecule has 0 saturated heterocycles. The Labute approximate surface area is 604 Å². The van der Waals surface area contributed by atoms with Gasteiger partial charge in [0.1, 0.15) is 25.6 Å². The first-order valence-electron chi connectivity index (χ1n) is 37.1. The van der Waals surface area contributed by atoms with Crippen LogP contribution in [0.3, 0.4) is 0 Å². The lowest BCUT2D eigenvalue weighted by molar-refractivity contribution is 0.0288. The molecule has 3 aromatic carbocycles. The van der Waals surface area contributed by atoms with Crippen LogP contribution in [-0.4, -0.2) is 148 Å². The van der Waals surface area contributed by atoms with Crippen LogP contribution in [0.25, 0.3) is 0 Å². The van der Waals surface area contributed by atoms with Crippen LogP contribution in [-0.2, 0) is 18.9 Å². The third-order valence-electron chi connectivity index (χ3n) is 8.97. The largest absolute Gasteiger partial charge is 0.491 e. The Kier molecular flexibility index (Phi) is 132. The molecule has 0 aliphatic heterocycles. The van der Waals surface area contributed by atoms with Crippen LogP contribution < -0.4 is 4.74 Å². The zero-order chi connectivity index (χ0) is 79.8. The molecule has 0 spiro atoms. The van der Waals surface area contributed by atoms with Gasteiger partial charge in [0.25, 0.3) is 0 Å². The first-order chi connectivity index (χ1) is 46.3. The van der Waals surface area contributed by atoms with Gasteiger partial charge in [0, 0.05) is 0 Å². The molecule has 0 amide bonds. The number of esters is 4. The van der Waals surface area contributed by atoms with Gasteiger partial charge in [0.2, 0.25) is 0 Å². The van der Waals surface area contributed by atoms with E-state index in [1.807, 2.05) is 141 Å². The van der Waals surface area contributed by atoms with Crippen LogP contribution in [0.1, 0.15) is 334 Å². The van der Waals surface area contributed by atoms with Crippen molar-refractivity contribution in [2.24, 2.45) is 17.8 Å². The summed E-state index contributed by atoms with van der Waals surface area (Å²) in [4.78, 5) is 47.0. The third kappa shape index (κ3) is 121. The summed E-state index contributed by atoms with van der Waals surface area (Å²) in [5, 5.41) is 68.9. The second-order valence-electron chi connectivity index (χ2n) is 22.6.